The summed E-state index contributed by atoms with van der Waals surface area (Å²) in [7, 11) is 0. The van der Waals surface area contributed by atoms with Crippen molar-refractivity contribution in [2.45, 2.75) is 40.7 Å². The van der Waals surface area contributed by atoms with Gasteiger partial charge in [0, 0.05) is 29.7 Å². The van der Waals surface area contributed by atoms with E-state index in [1.54, 1.807) is 6.07 Å². The number of aromatic nitrogens is 1. The Morgan fingerprint density at radius 3 is 2.31 bits per heavy atom. The third-order valence-electron chi connectivity index (χ3n) is 5.03. The van der Waals surface area contributed by atoms with Crippen LogP contribution in [0.25, 0.3) is 0 Å². The smallest absolute Gasteiger partial charge is 0.261 e. The first kappa shape index (κ1) is 20.6. The number of nitrogens with zero attached hydrogens (tertiary/aromatic N) is 1. The van der Waals surface area contributed by atoms with E-state index in [1.807, 2.05) is 56.3 Å². The summed E-state index contributed by atoms with van der Waals surface area (Å²) >= 11 is 0. The van der Waals surface area contributed by atoms with Crippen LogP contribution in [0.15, 0.2) is 65.5 Å². The van der Waals surface area contributed by atoms with Crippen molar-refractivity contribution in [2.24, 2.45) is 5.92 Å². The van der Waals surface area contributed by atoms with Gasteiger partial charge in [-0.2, -0.15) is 0 Å². The number of carbonyl (C=O) groups excluding carboxylic acids is 1. The minimum absolute atomic E-state index is 0.228. The summed E-state index contributed by atoms with van der Waals surface area (Å²) in [6.07, 6.45) is 0.653. The van der Waals surface area contributed by atoms with Crippen molar-refractivity contribution in [1.29, 1.82) is 0 Å². The third-order valence-corrected chi connectivity index (χ3v) is 5.03. The van der Waals surface area contributed by atoms with E-state index < -0.39 is 0 Å². The first-order valence-electron chi connectivity index (χ1n) is 10.0. The molecule has 4 heteroatoms. The molecule has 0 aliphatic heterocycles. The van der Waals surface area contributed by atoms with Crippen LogP contribution >= 0.6 is 0 Å². The van der Waals surface area contributed by atoms with E-state index >= 15 is 0 Å². The molecular weight excluding hydrogens is 360 g/mol. The molecule has 3 aromatic rings. The molecule has 0 spiro atoms. The molecule has 1 aromatic heterocycles. The Balaban J connectivity index is 2.09. The quantitative estimate of drug-likeness (QED) is 0.648. The van der Waals surface area contributed by atoms with Crippen LogP contribution in [0.1, 0.15) is 46.7 Å². The maximum absolute atomic E-state index is 13.2. The molecule has 0 aliphatic rings. The van der Waals surface area contributed by atoms with Crippen molar-refractivity contribution in [3.8, 4) is 0 Å². The Bertz CT molecular complexity index is 1070. The number of benzene rings is 2. The number of hydrogen-bond donors (Lipinski definition) is 1. The summed E-state index contributed by atoms with van der Waals surface area (Å²) in [5.41, 5.74) is 4.49. The maximum Gasteiger partial charge on any atom is 0.261 e. The lowest BCUT2D eigenvalue weighted by Gasteiger charge is -2.21. The molecule has 1 amide bonds. The van der Waals surface area contributed by atoms with E-state index in [0.29, 0.717) is 18.9 Å². The van der Waals surface area contributed by atoms with E-state index in [0.717, 1.165) is 28.2 Å². The van der Waals surface area contributed by atoms with Gasteiger partial charge in [0.15, 0.2) is 5.43 Å². The second-order valence-corrected chi connectivity index (χ2v) is 7.91. The molecule has 1 heterocycles. The van der Waals surface area contributed by atoms with Crippen LogP contribution in [-0.4, -0.2) is 10.5 Å². The van der Waals surface area contributed by atoms with Crippen LogP contribution in [-0.2, 0) is 13.0 Å². The standard InChI is InChI=1S/C25H28N2O2/c1-17(2)14-22-24(25(29)26-21-13-9-8-10-18(21)3)23(28)15-19(4)27(22)16-20-11-6-5-7-12-20/h5-13,15,17H,14,16H2,1-4H3,(H,26,29). The number of nitrogens with one attached hydrogen (secondary N) is 1. The highest BCUT2D eigenvalue weighted by Crippen LogP contribution is 2.19. The van der Waals surface area contributed by atoms with Gasteiger partial charge in [0.05, 0.1) is 0 Å². The van der Waals surface area contributed by atoms with E-state index in [1.165, 1.54) is 0 Å². The first-order chi connectivity index (χ1) is 13.9. The van der Waals surface area contributed by atoms with Gasteiger partial charge in [-0.25, -0.2) is 0 Å². The maximum atomic E-state index is 13.2. The van der Waals surface area contributed by atoms with E-state index in [9.17, 15) is 9.59 Å². The summed E-state index contributed by atoms with van der Waals surface area (Å²) in [5.74, 6) is -0.0370. The summed E-state index contributed by atoms with van der Waals surface area (Å²) in [5, 5.41) is 2.94. The second kappa shape index (κ2) is 8.91. The Hall–Kier alpha value is -3.14. The topological polar surface area (TPSA) is 51.1 Å². The largest absolute Gasteiger partial charge is 0.343 e. The molecule has 0 unspecified atom stereocenters. The van der Waals surface area contributed by atoms with E-state index in [2.05, 4.69) is 35.9 Å². The van der Waals surface area contributed by atoms with Crippen molar-refractivity contribution in [2.75, 3.05) is 5.32 Å². The van der Waals surface area contributed by atoms with Crippen LogP contribution in [0.2, 0.25) is 0 Å². The van der Waals surface area contributed by atoms with Gasteiger partial charge in [-0.3, -0.25) is 9.59 Å². The van der Waals surface area contributed by atoms with Gasteiger partial charge in [0.2, 0.25) is 0 Å². The molecule has 3 rings (SSSR count). The van der Waals surface area contributed by atoms with E-state index in [-0.39, 0.29) is 16.9 Å². The van der Waals surface area contributed by atoms with Gasteiger partial charge in [-0.15, -0.1) is 0 Å². The number of carbonyl (C=O) groups is 1. The van der Waals surface area contributed by atoms with Crippen molar-refractivity contribution in [1.82, 2.24) is 4.57 Å². The Kier molecular flexibility index (Phi) is 6.32. The van der Waals surface area contributed by atoms with Gasteiger partial charge in [0.25, 0.3) is 5.91 Å². The number of rotatable bonds is 6. The zero-order valence-electron chi connectivity index (χ0n) is 17.5. The summed E-state index contributed by atoms with van der Waals surface area (Å²) in [4.78, 5) is 26.1. The highest BCUT2D eigenvalue weighted by molar-refractivity contribution is 6.05. The Morgan fingerprint density at radius 1 is 1.00 bits per heavy atom. The van der Waals surface area contributed by atoms with Crippen molar-refractivity contribution < 1.29 is 4.79 Å². The summed E-state index contributed by atoms with van der Waals surface area (Å²) in [6, 6.07) is 19.3. The lowest BCUT2D eigenvalue weighted by Crippen LogP contribution is -2.29. The van der Waals surface area contributed by atoms with Gasteiger partial charge >= 0.3 is 0 Å². The average molecular weight is 389 g/mol. The van der Waals surface area contributed by atoms with Crippen LogP contribution in [0, 0.1) is 19.8 Å². The molecule has 1 N–H and O–H groups in total. The van der Waals surface area contributed by atoms with Crippen LogP contribution < -0.4 is 10.7 Å². The molecule has 0 bridgehead atoms. The molecule has 0 fully saturated rings. The lowest BCUT2D eigenvalue weighted by molar-refractivity contribution is 0.102. The number of aryl methyl sites for hydroxylation is 2. The molecule has 0 saturated carbocycles. The summed E-state index contributed by atoms with van der Waals surface area (Å²) < 4.78 is 2.10. The fourth-order valence-corrected chi connectivity index (χ4v) is 3.56. The van der Waals surface area contributed by atoms with Crippen molar-refractivity contribution in [3.63, 3.8) is 0 Å². The molecule has 2 aromatic carbocycles. The Morgan fingerprint density at radius 2 is 1.66 bits per heavy atom. The minimum atomic E-state index is -0.346. The SMILES string of the molecule is Cc1ccccc1NC(=O)c1c(CC(C)C)n(Cc2ccccc2)c(C)cc1=O. The summed E-state index contributed by atoms with van der Waals surface area (Å²) in [6.45, 7) is 8.69. The van der Waals surface area contributed by atoms with Crippen LogP contribution in [0.4, 0.5) is 5.69 Å². The fourth-order valence-electron chi connectivity index (χ4n) is 3.56. The molecular formula is C25H28N2O2. The number of anilines is 1. The molecule has 0 atom stereocenters. The van der Waals surface area contributed by atoms with Gasteiger partial charge in [-0.05, 0) is 43.4 Å². The molecule has 150 valence electrons. The zero-order chi connectivity index (χ0) is 21.0. The highest BCUT2D eigenvalue weighted by atomic mass is 16.2. The number of hydrogen-bond acceptors (Lipinski definition) is 2. The van der Waals surface area contributed by atoms with Gasteiger partial charge in [0.1, 0.15) is 5.56 Å². The van der Waals surface area contributed by atoms with E-state index in [4.69, 9.17) is 0 Å². The molecule has 0 aliphatic carbocycles. The van der Waals surface area contributed by atoms with Crippen LogP contribution in [0.5, 0.6) is 0 Å². The number of pyridine rings is 1. The van der Waals surface area contributed by atoms with Crippen molar-refractivity contribution in [3.05, 3.63) is 99.0 Å². The molecule has 4 nitrogen and oxygen atoms in total. The first-order valence-corrected chi connectivity index (χ1v) is 10.0. The second-order valence-electron chi connectivity index (χ2n) is 7.91. The normalized spacial score (nSPS) is 10.9. The fraction of sp³-hybridized carbons (Fsp3) is 0.280. The number of amides is 1. The molecule has 29 heavy (non-hydrogen) atoms. The third kappa shape index (κ3) is 4.83. The lowest BCUT2D eigenvalue weighted by atomic mass is 10.00. The monoisotopic (exact) mass is 388 g/mol. The number of para-hydroxylation sites is 1. The average Bonchev–Trinajstić information content (AvgIpc) is 2.67. The van der Waals surface area contributed by atoms with Crippen molar-refractivity contribution >= 4 is 11.6 Å². The van der Waals surface area contributed by atoms with Crippen LogP contribution in [0.3, 0.4) is 0 Å². The van der Waals surface area contributed by atoms with Gasteiger partial charge in [-0.1, -0.05) is 62.4 Å². The zero-order valence-corrected chi connectivity index (χ0v) is 17.5. The predicted octanol–water partition coefficient (Wildman–Crippen LogP) is 4.96. The molecule has 0 radical (unpaired) electrons. The molecule has 0 saturated heterocycles. The predicted molar refractivity (Wildman–Crippen MR) is 119 cm³/mol. The van der Waals surface area contributed by atoms with Gasteiger partial charge < -0.3 is 9.88 Å². The minimum Gasteiger partial charge on any atom is -0.343 e. The highest BCUT2D eigenvalue weighted by Gasteiger charge is 2.21. The Labute approximate surface area is 172 Å².